The fourth-order valence-electron chi connectivity index (χ4n) is 0.967. The number of rotatable bonds is 4. The molecule has 6 heteroatoms. The van der Waals surface area contributed by atoms with Crippen molar-refractivity contribution in [1.82, 2.24) is 0 Å². The average Bonchev–Trinajstić information content (AvgIpc) is 2.14. The van der Waals surface area contributed by atoms with Crippen LogP contribution in [0.3, 0.4) is 0 Å². The van der Waals surface area contributed by atoms with Gasteiger partial charge in [-0.05, 0) is 23.8 Å². The molecular formula is C8H10ClO4P. The molecule has 0 aromatic heterocycles. The van der Waals surface area contributed by atoms with Crippen molar-refractivity contribution in [3.63, 3.8) is 0 Å². The van der Waals surface area contributed by atoms with E-state index in [4.69, 9.17) is 21.2 Å². The van der Waals surface area contributed by atoms with Gasteiger partial charge in [0.05, 0.1) is 13.7 Å². The van der Waals surface area contributed by atoms with Crippen molar-refractivity contribution in [3.8, 4) is 5.75 Å². The molecule has 0 heterocycles. The summed E-state index contributed by atoms with van der Waals surface area (Å²) < 4.78 is 19.9. The Balaban J connectivity index is 2.76. The molecule has 1 aromatic carbocycles. The van der Waals surface area contributed by atoms with Gasteiger partial charge in [0.2, 0.25) is 0 Å². The second-order valence-corrected chi connectivity index (χ2v) is 3.81. The van der Waals surface area contributed by atoms with Crippen molar-refractivity contribution in [2.45, 2.75) is 6.61 Å². The zero-order valence-electron chi connectivity index (χ0n) is 7.49. The largest absolute Gasteiger partial charge is 0.497 e. The van der Waals surface area contributed by atoms with E-state index < -0.39 is 8.25 Å². The number of hydrogen-bond donors (Lipinski definition) is 1. The molecule has 0 fully saturated rings. The van der Waals surface area contributed by atoms with Crippen LogP contribution in [0.4, 0.5) is 0 Å². The third-order valence-electron chi connectivity index (χ3n) is 1.53. The minimum Gasteiger partial charge on any atom is -0.497 e. The lowest BCUT2D eigenvalue weighted by Gasteiger charge is -2.05. The van der Waals surface area contributed by atoms with E-state index in [9.17, 15) is 4.57 Å². The van der Waals surface area contributed by atoms with Gasteiger partial charge in [-0.15, -0.1) is 0 Å². The van der Waals surface area contributed by atoms with E-state index in [1.807, 2.05) is 0 Å². The third kappa shape index (κ3) is 3.68. The number of methoxy groups -OCH3 is 1. The highest BCUT2D eigenvalue weighted by Gasteiger charge is 2.01. The molecule has 0 saturated heterocycles. The molecule has 0 aliphatic rings. The highest BCUT2D eigenvalue weighted by Crippen LogP contribution is 2.24. The topological polar surface area (TPSA) is 55.8 Å². The molecule has 1 rings (SSSR count). The van der Waals surface area contributed by atoms with Gasteiger partial charge >= 0.3 is 8.25 Å². The van der Waals surface area contributed by atoms with Crippen molar-refractivity contribution in [1.29, 1.82) is 0 Å². The second-order valence-electron chi connectivity index (χ2n) is 2.55. The smallest absolute Gasteiger partial charge is 0.316 e. The number of ether oxygens (including phenoxy) is 1. The highest BCUT2D eigenvalue weighted by atomic mass is 35.5. The maximum atomic E-state index is 10.3. The van der Waals surface area contributed by atoms with Crippen LogP contribution < -0.4 is 4.74 Å². The standard InChI is InChI=1S/C8H10ClO4P/c1-12-8-3-6(2-7(9)4-8)5-13-14(10)11/h2-4,14H,5H2,1H3,(H,10,11). The van der Waals surface area contributed by atoms with Crippen molar-refractivity contribution in [2.75, 3.05) is 7.11 Å². The fourth-order valence-corrected chi connectivity index (χ4v) is 1.50. The maximum Gasteiger partial charge on any atom is 0.316 e. The summed E-state index contributed by atoms with van der Waals surface area (Å²) in [6.45, 7) is 0.0468. The maximum absolute atomic E-state index is 10.3. The fraction of sp³-hybridized carbons (Fsp3) is 0.250. The van der Waals surface area contributed by atoms with Gasteiger partial charge in [0.25, 0.3) is 0 Å². The van der Waals surface area contributed by atoms with Gasteiger partial charge in [-0.3, -0.25) is 4.57 Å². The van der Waals surface area contributed by atoms with Crippen molar-refractivity contribution >= 4 is 19.9 Å². The summed E-state index contributed by atoms with van der Waals surface area (Å²) in [4.78, 5) is 8.47. The summed E-state index contributed by atoms with van der Waals surface area (Å²) in [5.74, 6) is 0.591. The summed E-state index contributed by atoms with van der Waals surface area (Å²) >= 11 is 5.78. The summed E-state index contributed by atoms with van der Waals surface area (Å²) in [6.07, 6.45) is 0. The molecule has 1 N–H and O–H groups in total. The minimum atomic E-state index is -2.90. The van der Waals surface area contributed by atoms with Crippen molar-refractivity contribution < 1.29 is 18.7 Å². The Bertz CT molecular complexity index is 342. The normalized spacial score (nSPS) is 12.5. The van der Waals surface area contributed by atoms with Crippen LogP contribution in [-0.2, 0) is 15.7 Å². The minimum absolute atomic E-state index is 0.0468. The van der Waals surface area contributed by atoms with E-state index in [-0.39, 0.29) is 6.61 Å². The lowest BCUT2D eigenvalue weighted by molar-refractivity contribution is 0.272. The Morgan fingerprint density at radius 2 is 2.21 bits per heavy atom. The predicted molar refractivity (Wildman–Crippen MR) is 54.0 cm³/mol. The molecule has 1 unspecified atom stereocenters. The molecule has 0 aliphatic carbocycles. The summed E-state index contributed by atoms with van der Waals surface area (Å²) in [7, 11) is -1.38. The first-order valence-corrected chi connectivity index (χ1v) is 5.45. The number of benzene rings is 1. The van der Waals surface area contributed by atoms with E-state index in [2.05, 4.69) is 4.52 Å². The van der Waals surface area contributed by atoms with E-state index in [1.54, 1.807) is 18.2 Å². The Morgan fingerprint density at radius 1 is 1.50 bits per heavy atom. The van der Waals surface area contributed by atoms with Gasteiger partial charge in [0.15, 0.2) is 0 Å². The zero-order chi connectivity index (χ0) is 10.6. The average molecular weight is 237 g/mol. The van der Waals surface area contributed by atoms with Crippen LogP contribution in [0, 0.1) is 0 Å². The van der Waals surface area contributed by atoms with Crippen LogP contribution in [0.1, 0.15) is 5.56 Å². The van der Waals surface area contributed by atoms with Crippen LogP contribution in [0.15, 0.2) is 18.2 Å². The van der Waals surface area contributed by atoms with Crippen LogP contribution in [-0.4, -0.2) is 12.0 Å². The molecule has 0 bridgehead atoms. The Morgan fingerprint density at radius 3 is 2.79 bits per heavy atom. The van der Waals surface area contributed by atoms with Gasteiger partial charge < -0.3 is 14.2 Å². The van der Waals surface area contributed by atoms with E-state index >= 15 is 0 Å². The molecule has 0 aliphatic heterocycles. The molecule has 1 atom stereocenters. The SMILES string of the molecule is COc1cc(Cl)cc(CO[PH](=O)O)c1. The summed E-state index contributed by atoms with van der Waals surface area (Å²) in [6, 6.07) is 4.98. The molecule has 0 saturated carbocycles. The molecule has 14 heavy (non-hydrogen) atoms. The Hall–Kier alpha value is -0.540. The van der Waals surface area contributed by atoms with E-state index in [1.165, 1.54) is 7.11 Å². The lowest BCUT2D eigenvalue weighted by atomic mass is 10.2. The van der Waals surface area contributed by atoms with Crippen LogP contribution in [0.2, 0.25) is 5.02 Å². The number of hydrogen-bond acceptors (Lipinski definition) is 3. The first-order chi connectivity index (χ1) is 6.61. The van der Waals surface area contributed by atoms with E-state index in [0.717, 1.165) is 0 Å². The van der Waals surface area contributed by atoms with Crippen molar-refractivity contribution in [2.24, 2.45) is 0 Å². The van der Waals surface area contributed by atoms with Crippen LogP contribution in [0.5, 0.6) is 5.75 Å². The highest BCUT2D eigenvalue weighted by molar-refractivity contribution is 7.32. The lowest BCUT2D eigenvalue weighted by Crippen LogP contribution is -1.89. The molecule has 0 amide bonds. The Kier molecular flexibility index (Phi) is 4.42. The second kappa shape index (κ2) is 5.37. The molecular weight excluding hydrogens is 227 g/mol. The molecule has 1 aromatic rings. The van der Waals surface area contributed by atoms with Gasteiger partial charge in [0, 0.05) is 5.02 Å². The summed E-state index contributed by atoms with van der Waals surface area (Å²) in [5, 5.41) is 0.501. The molecule has 78 valence electrons. The van der Waals surface area contributed by atoms with Gasteiger partial charge in [-0.2, -0.15) is 0 Å². The van der Waals surface area contributed by atoms with Crippen molar-refractivity contribution in [3.05, 3.63) is 28.8 Å². The predicted octanol–water partition coefficient (Wildman–Crippen LogP) is 2.25. The molecule has 0 radical (unpaired) electrons. The molecule has 0 spiro atoms. The number of halogens is 1. The first-order valence-electron chi connectivity index (χ1n) is 3.81. The van der Waals surface area contributed by atoms with Crippen LogP contribution in [0.25, 0.3) is 0 Å². The monoisotopic (exact) mass is 236 g/mol. The summed E-state index contributed by atoms with van der Waals surface area (Å²) in [5.41, 5.74) is 0.696. The zero-order valence-corrected chi connectivity index (χ0v) is 9.25. The first kappa shape index (κ1) is 11.5. The quantitative estimate of drug-likeness (QED) is 0.815. The molecule has 4 nitrogen and oxygen atoms in total. The Labute approximate surface area is 87.4 Å². The van der Waals surface area contributed by atoms with Gasteiger partial charge in [-0.25, -0.2) is 0 Å². The van der Waals surface area contributed by atoms with Crippen LogP contribution >= 0.6 is 19.9 Å². The van der Waals surface area contributed by atoms with E-state index in [0.29, 0.717) is 16.3 Å². The third-order valence-corrected chi connectivity index (χ3v) is 2.14. The van der Waals surface area contributed by atoms with Gasteiger partial charge in [0.1, 0.15) is 5.75 Å². The van der Waals surface area contributed by atoms with Gasteiger partial charge in [-0.1, -0.05) is 11.6 Å².